The van der Waals surface area contributed by atoms with Crippen molar-refractivity contribution in [1.29, 1.82) is 0 Å². The van der Waals surface area contributed by atoms with Gasteiger partial charge >= 0.3 is 5.69 Å². The summed E-state index contributed by atoms with van der Waals surface area (Å²) in [6, 6.07) is 13.7. The molecule has 132 valence electrons. The fraction of sp³-hybridized carbons (Fsp3) is 0.0588. The largest absolute Gasteiger partial charge is 0.497 e. The molecule has 1 heterocycles. The number of benzene rings is 2. The first-order valence-electron chi connectivity index (χ1n) is 7.50. The highest BCUT2D eigenvalue weighted by atomic mass is 35.5. The SMILES string of the molecule is COc1ccc(Nc2ncnc(Nc3cccc(Cl)c3)c2[N+](=O)[O-])cc1. The molecule has 0 amide bonds. The van der Waals surface area contributed by atoms with E-state index in [-0.39, 0.29) is 17.3 Å². The summed E-state index contributed by atoms with van der Waals surface area (Å²) in [5, 5.41) is 17.9. The minimum absolute atomic E-state index is 0.0586. The Morgan fingerprint density at radius 3 is 2.27 bits per heavy atom. The van der Waals surface area contributed by atoms with Gasteiger partial charge in [0.25, 0.3) is 0 Å². The number of anilines is 4. The van der Waals surface area contributed by atoms with E-state index in [0.29, 0.717) is 22.1 Å². The Kier molecular flexibility index (Phi) is 5.14. The van der Waals surface area contributed by atoms with Gasteiger partial charge in [-0.3, -0.25) is 10.1 Å². The van der Waals surface area contributed by atoms with Crippen molar-refractivity contribution >= 4 is 40.3 Å². The number of aromatic nitrogens is 2. The lowest BCUT2D eigenvalue weighted by molar-refractivity contribution is -0.383. The van der Waals surface area contributed by atoms with E-state index in [2.05, 4.69) is 20.6 Å². The van der Waals surface area contributed by atoms with Crippen molar-refractivity contribution < 1.29 is 9.66 Å². The quantitative estimate of drug-likeness (QED) is 0.484. The van der Waals surface area contributed by atoms with Gasteiger partial charge in [0.05, 0.1) is 12.0 Å². The molecular weight excluding hydrogens is 358 g/mol. The zero-order chi connectivity index (χ0) is 18.5. The molecular formula is C17H14ClN5O3. The molecule has 0 saturated heterocycles. The first-order valence-corrected chi connectivity index (χ1v) is 7.87. The summed E-state index contributed by atoms with van der Waals surface area (Å²) in [7, 11) is 1.56. The van der Waals surface area contributed by atoms with Crippen molar-refractivity contribution in [2.24, 2.45) is 0 Å². The second-order valence-electron chi connectivity index (χ2n) is 5.17. The van der Waals surface area contributed by atoms with Crippen LogP contribution in [0.15, 0.2) is 54.9 Å². The number of nitrogens with one attached hydrogen (secondary N) is 2. The Hall–Kier alpha value is -3.39. The van der Waals surface area contributed by atoms with E-state index < -0.39 is 4.92 Å². The molecule has 0 spiro atoms. The van der Waals surface area contributed by atoms with Crippen LogP contribution in [-0.2, 0) is 0 Å². The standard InChI is InChI=1S/C17H14ClN5O3/c1-26-14-7-5-12(6-8-14)21-16-15(23(24)25)17(20-10-19-16)22-13-4-2-3-11(18)9-13/h2-10H,1H3,(H2,19,20,21,22). The number of ether oxygens (including phenoxy) is 1. The van der Waals surface area contributed by atoms with Crippen LogP contribution in [0.1, 0.15) is 0 Å². The molecule has 0 aliphatic carbocycles. The van der Waals surface area contributed by atoms with Crippen LogP contribution < -0.4 is 15.4 Å². The molecule has 1 aromatic heterocycles. The Bertz CT molecular complexity index is 934. The Labute approximate surface area is 154 Å². The molecule has 0 radical (unpaired) electrons. The molecule has 26 heavy (non-hydrogen) atoms. The molecule has 9 heteroatoms. The Balaban J connectivity index is 1.93. The van der Waals surface area contributed by atoms with E-state index in [1.165, 1.54) is 6.33 Å². The van der Waals surface area contributed by atoms with Crippen molar-refractivity contribution in [2.45, 2.75) is 0 Å². The van der Waals surface area contributed by atoms with Crippen LogP contribution in [0.2, 0.25) is 5.02 Å². The van der Waals surface area contributed by atoms with Crippen LogP contribution in [-0.4, -0.2) is 22.0 Å². The maximum absolute atomic E-state index is 11.6. The second kappa shape index (κ2) is 7.66. The summed E-state index contributed by atoms with van der Waals surface area (Å²) in [6.07, 6.45) is 1.24. The number of nitrogens with zero attached hydrogens (tertiary/aromatic N) is 3. The summed E-state index contributed by atoms with van der Waals surface area (Å²) < 4.78 is 5.09. The summed E-state index contributed by atoms with van der Waals surface area (Å²) in [5.41, 5.74) is 0.930. The Morgan fingerprint density at radius 2 is 1.69 bits per heavy atom. The van der Waals surface area contributed by atoms with Gasteiger partial charge in [0.2, 0.25) is 11.6 Å². The predicted octanol–water partition coefficient (Wildman–Crippen LogP) is 4.53. The summed E-state index contributed by atoms with van der Waals surface area (Å²) in [5.74, 6) is 0.805. The van der Waals surface area contributed by atoms with Gasteiger partial charge < -0.3 is 15.4 Å². The van der Waals surface area contributed by atoms with Crippen molar-refractivity contribution in [1.82, 2.24) is 9.97 Å². The Morgan fingerprint density at radius 1 is 1.04 bits per heavy atom. The van der Waals surface area contributed by atoms with Crippen molar-refractivity contribution in [3.63, 3.8) is 0 Å². The average molecular weight is 372 g/mol. The molecule has 0 saturated carbocycles. The molecule has 2 N–H and O–H groups in total. The van der Waals surface area contributed by atoms with Crippen LogP contribution in [0, 0.1) is 10.1 Å². The number of halogens is 1. The number of hydrogen-bond acceptors (Lipinski definition) is 7. The zero-order valence-corrected chi connectivity index (χ0v) is 14.4. The monoisotopic (exact) mass is 371 g/mol. The number of methoxy groups -OCH3 is 1. The van der Waals surface area contributed by atoms with Gasteiger partial charge in [-0.1, -0.05) is 17.7 Å². The van der Waals surface area contributed by atoms with E-state index in [9.17, 15) is 10.1 Å². The maximum Gasteiger partial charge on any atom is 0.353 e. The molecule has 0 atom stereocenters. The van der Waals surface area contributed by atoms with Crippen LogP contribution in [0.3, 0.4) is 0 Å². The fourth-order valence-electron chi connectivity index (χ4n) is 2.25. The van der Waals surface area contributed by atoms with Gasteiger partial charge in [-0.2, -0.15) is 0 Å². The van der Waals surface area contributed by atoms with Gasteiger partial charge in [0, 0.05) is 16.4 Å². The third-order valence-corrected chi connectivity index (χ3v) is 3.68. The highest BCUT2D eigenvalue weighted by Crippen LogP contribution is 2.33. The normalized spacial score (nSPS) is 10.2. The molecule has 8 nitrogen and oxygen atoms in total. The minimum Gasteiger partial charge on any atom is -0.497 e. The fourth-order valence-corrected chi connectivity index (χ4v) is 2.44. The first-order chi connectivity index (χ1) is 12.6. The van der Waals surface area contributed by atoms with E-state index in [4.69, 9.17) is 16.3 Å². The molecule has 0 bridgehead atoms. The van der Waals surface area contributed by atoms with E-state index in [1.807, 2.05) is 0 Å². The maximum atomic E-state index is 11.6. The predicted molar refractivity (Wildman–Crippen MR) is 99.7 cm³/mol. The number of hydrogen-bond donors (Lipinski definition) is 2. The molecule has 0 fully saturated rings. The van der Waals surface area contributed by atoms with E-state index in [1.54, 1.807) is 55.6 Å². The molecule has 2 aromatic carbocycles. The second-order valence-corrected chi connectivity index (χ2v) is 5.60. The smallest absolute Gasteiger partial charge is 0.353 e. The summed E-state index contributed by atoms with van der Waals surface area (Å²) in [6.45, 7) is 0. The van der Waals surface area contributed by atoms with Crippen molar-refractivity contribution in [3.8, 4) is 5.75 Å². The van der Waals surface area contributed by atoms with Gasteiger partial charge in [-0.25, -0.2) is 9.97 Å². The first kappa shape index (κ1) is 17.4. The zero-order valence-electron chi connectivity index (χ0n) is 13.6. The number of rotatable bonds is 6. The molecule has 0 unspecified atom stereocenters. The number of nitro groups is 1. The highest BCUT2D eigenvalue weighted by Gasteiger charge is 2.23. The third kappa shape index (κ3) is 3.98. The van der Waals surface area contributed by atoms with Gasteiger partial charge in [-0.05, 0) is 42.5 Å². The topological polar surface area (TPSA) is 102 Å². The van der Waals surface area contributed by atoms with Gasteiger partial charge in [0.1, 0.15) is 12.1 Å². The van der Waals surface area contributed by atoms with Gasteiger partial charge in [0.15, 0.2) is 0 Å². The summed E-state index contributed by atoms with van der Waals surface area (Å²) >= 11 is 5.95. The molecule has 0 aliphatic rings. The van der Waals surface area contributed by atoms with Crippen molar-refractivity contribution in [2.75, 3.05) is 17.7 Å². The van der Waals surface area contributed by atoms with Crippen LogP contribution in [0.4, 0.5) is 28.7 Å². The lowest BCUT2D eigenvalue weighted by atomic mass is 10.3. The van der Waals surface area contributed by atoms with Gasteiger partial charge in [-0.15, -0.1) is 0 Å². The highest BCUT2D eigenvalue weighted by molar-refractivity contribution is 6.30. The summed E-state index contributed by atoms with van der Waals surface area (Å²) in [4.78, 5) is 19.0. The van der Waals surface area contributed by atoms with E-state index in [0.717, 1.165) is 0 Å². The van der Waals surface area contributed by atoms with Crippen LogP contribution >= 0.6 is 11.6 Å². The average Bonchev–Trinajstić information content (AvgIpc) is 2.62. The third-order valence-electron chi connectivity index (χ3n) is 3.44. The lowest BCUT2D eigenvalue weighted by Crippen LogP contribution is -2.05. The lowest BCUT2D eigenvalue weighted by Gasteiger charge is -2.10. The van der Waals surface area contributed by atoms with Crippen molar-refractivity contribution in [3.05, 3.63) is 70.0 Å². The van der Waals surface area contributed by atoms with Crippen LogP contribution in [0.5, 0.6) is 5.75 Å². The van der Waals surface area contributed by atoms with E-state index >= 15 is 0 Å². The van der Waals surface area contributed by atoms with Crippen LogP contribution in [0.25, 0.3) is 0 Å². The molecule has 3 rings (SSSR count). The molecule has 3 aromatic rings. The molecule has 0 aliphatic heterocycles. The minimum atomic E-state index is -0.543.